The number of aromatic nitrogens is 3. The molecule has 2 saturated heterocycles. The molecule has 2 aromatic carbocycles. The summed E-state index contributed by atoms with van der Waals surface area (Å²) in [6.45, 7) is 10.7. The van der Waals surface area contributed by atoms with Crippen molar-refractivity contribution in [2.45, 2.75) is 122 Å². The Morgan fingerprint density at radius 2 is 1.71 bits per heavy atom. The van der Waals surface area contributed by atoms with Crippen molar-refractivity contribution in [3.63, 3.8) is 0 Å². The molecule has 0 radical (unpaired) electrons. The van der Waals surface area contributed by atoms with Crippen LogP contribution >= 0.6 is 0 Å². The summed E-state index contributed by atoms with van der Waals surface area (Å²) in [5, 5.41) is 29.7. The highest BCUT2D eigenvalue weighted by Crippen LogP contribution is 2.43. The molecule has 418 valence electrons. The van der Waals surface area contributed by atoms with Crippen molar-refractivity contribution in [2.75, 3.05) is 70.8 Å². The maximum absolute atomic E-state index is 14.8. The van der Waals surface area contributed by atoms with Gasteiger partial charge in [-0.25, -0.2) is 9.37 Å². The van der Waals surface area contributed by atoms with Crippen LogP contribution in [0.3, 0.4) is 0 Å². The first-order chi connectivity index (χ1) is 37.3. The number of halogens is 1. The fraction of sp³-hybridized carbons (Fsp3) is 0.518. The van der Waals surface area contributed by atoms with E-state index >= 15 is 0 Å². The van der Waals surface area contributed by atoms with Gasteiger partial charge in [0.2, 0.25) is 29.5 Å². The molecule has 22 heteroatoms. The van der Waals surface area contributed by atoms with Gasteiger partial charge in [0, 0.05) is 68.5 Å². The van der Waals surface area contributed by atoms with Crippen molar-refractivity contribution < 1.29 is 42.6 Å². The second-order valence-corrected chi connectivity index (χ2v) is 21.2. The van der Waals surface area contributed by atoms with E-state index in [4.69, 9.17) is 15.2 Å². The number of likely N-dealkylation sites (tertiary alicyclic amines) is 1. The minimum atomic E-state index is -0.953. The third-order valence-corrected chi connectivity index (χ3v) is 14.6. The predicted octanol–water partition coefficient (Wildman–Crippen LogP) is 3.89. The van der Waals surface area contributed by atoms with Gasteiger partial charge in [-0.05, 0) is 80.5 Å². The van der Waals surface area contributed by atoms with Crippen molar-refractivity contribution in [2.24, 2.45) is 5.41 Å². The number of ether oxygens (including phenoxy) is 2. The van der Waals surface area contributed by atoms with Crippen LogP contribution in [0.5, 0.6) is 0 Å². The number of pyridine rings is 1. The number of rotatable bonds is 21. The lowest BCUT2D eigenvalue weighted by Gasteiger charge is -2.36. The molecule has 6 atom stereocenters. The van der Waals surface area contributed by atoms with E-state index < -0.39 is 41.3 Å². The quantitative estimate of drug-likeness (QED) is 0.0647. The number of likely N-dealkylation sites (N-methyl/N-ethyl adjacent to an activating group) is 1. The van der Waals surface area contributed by atoms with E-state index in [9.17, 15) is 38.4 Å². The number of nitrogen functional groups attached to an aromatic ring is 1. The van der Waals surface area contributed by atoms with Crippen LogP contribution in [0.4, 0.5) is 15.9 Å². The summed E-state index contributed by atoms with van der Waals surface area (Å²) < 4.78 is 27.7. The Morgan fingerprint density at radius 3 is 2.38 bits per heavy atom. The molecule has 2 fully saturated rings. The first-order valence-corrected chi connectivity index (χ1v) is 26.8. The highest BCUT2D eigenvalue weighted by Gasteiger charge is 2.46. The highest BCUT2D eigenvalue weighted by molar-refractivity contribution is 5.97. The van der Waals surface area contributed by atoms with Gasteiger partial charge in [-0.3, -0.25) is 33.4 Å². The van der Waals surface area contributed by atoms with E-state index in [1.807, 2.05) is 69.0 Å². The Balaban J connectivity index is 0.883. The molecule has 0 saturated carbocycles. The lowest BCUT2D eigenvalue weighted by molar-refractivity contribution is -0.144. The molecule has 2 aromatic heterocycles. The Kier molecular flexibility index (Phi) is 19.6. The summed E-state index contributed by atoms with van der Waals surface area (Å²) in [6, 6.07) is 14.2. The van der Waals surface area contributed by atoms with Crippen molar-refractivity contribution in [3.8, 4) is 17.2 Å². The third-order valence-electron chi connectivity index (χ3n) is 14.6. The lowest BCUT2D eigenvalue weighted by atomic mass is 9.85. The molecular formula is C56H74FN13O8. The Hall–Kier alpha value is -7.48. The van der Waals surface area contributed by atoms with Crippen molar-refractivity contribution >= 4 is 46.9 Å². The Labute approximate surface area is 455 Å². The molecule has 0 unspecified atom stereocenters. The fourth-order valence-corrected chi connectivity index (χ4v) is 10.3. The summed E-state index contributed by atoms with van der Waals surface area (Å²) in [4.78, 5) is 91.3. The van der Waals surface area contributed by atoms with Gasteiger partial charge in [0.1, 0.15) is 29.8 Å². The van der Waals surface area contributed by atoms with Crippen molar-refractivity contribution in [3.05, 3.63) is 94.7 Å². The molecule has 7 N–H and O–H groups in total. The van der Waals surface area contributed by atoms with E-state index in [1.165, 1.54) is 28.0 Å². The molecule has 7 rings (SSSR count). The average molecular weight is 1080 g/mol. The summed E-state index contributed by atoms with van der Waals surface area (Å²) in [5.41, 5.74) is 9.93. The van der Waals surface area contributed by atoms with E-state index in [0.29, 0.717) is 53.0 Å². The van der Waals surface area contributed by atoms with E-state index in [1.54, 1.807) is 31.9 Å². The Bertz CT molecular complexity index is 2850. The standard InChI is InChI=1S/C56H74FN13O8/c1-8-41(35-13-10-9-11-14-35)64-53(74)45-29-38(32-69(45)55(76)50(56(3,4)5)65-52(73)34(2)60-6)63-48(72)19-24-78-26-25-77-23-18-47(71)61-20-22-70-46-33-67(7)54(75)39-17-16-37(57)28-40(39)43-15-12-21-68(43)44-27-36(31-62-51(44)59)49(46)42(30-58)66-70/h9-11,13-14,16-17,27-28,31,34,38,41,43,45,50,60H,8,12,15,18-26,29,32-33H2,1-7H3,(H2,59,62)(H,61,71)(H,63,72)(H,64,74)(H,65,73)/t34-,38-,41+,43-,45-,50+/m1/s1. The number of anilines is 2. The number of nitrogens with one attached hydrogen (secondary N) is 5. The monoisotopic (exact) mass is 1080 g/mol. The number of nitrogens with two attached hydrogens (primary N) is 1. The second kappa shape index (κ2) is 26.2. The van der Waals surface area contributed by atoms with Crippen molar-refractivity contribution in [1.82, 2.24) is 51.1 Å². The number of carbonyl (C=O) groups is 6. The van der Waals surface area contributed by atoms with Gasteiger partial charge in [0.05, 0.1) is 69.0 Å². The topological polar surface area (TPSA) is 271 Å². The van der Waals surface area contributed by atoms with Gasteiger partial charge in [0.25, 0.3) is 5.91 Å². The fourth-order valence-electron chi connectivity index (χ4n) is 10.3. The molecule has 4 aromatic rings. The van der Waals surface area contributed by atoms with E-state index in [0.717, 1.165) is 12.0 Å². The van der Waals surface area contributed by atoms with Crippen LogP contribution in [0.1, 0.15) is 118 Å². The van der Waals surface area contributed by atoms with Gasteiger partial charge in [-0.2, -0.15) is 10.4 Å². The van der Waals surface area contributed by atoms with Crippen LogP contribution in [0.25, 0.3) is 11.1 Å². The van der Waals surface area contributed by atoms with Crippen LogP contribution in [0.15, 0.2) is 60.8 Å². The number of amides is 6. The predicted molar refractivity (Wildman–Crippen MR) is 290 cm³/mol. The molecule has 78 heavy (non-hydrogen) atoms. The van der Waals surface area contributed by atoms with Gasteiger partial charge in [-0.1, -0.05) is 58.0 Å². The maximum atomic E-state index is 14.8. The number of hydrogen-bond donors (Lipinski definition) is 6. The number of fused-ring (bicyclic) bond motifs is 8. The SMILES string of the molecule is CC[C@H](NC(=O)[C@H]1C[C@@H](NC(=O)CCOCCOCCC(=O)NCCn2nc(C#N)c3c2CN(C)C(=O)c2ccc(F)cc2[C@H]2CCCN2c2cc-3cnc2N)CN1C(=O)[C@H](NC(=O)[C@@H](C)NC)C(C)(C)C)c1ccccc1. The van der Waals surface area contributed by atoms with Crippen LogP contribution < -0.4 is 37.2 Å². The lowest BCUT2D eigenvalue weighted by Crippen LogP contribution is -2.59. The smallest absolute Gasteiger partial charge is 0.254 e. The molecule has 5 heterocycles. The molecule has 3 aliphatic rings. The highest BCUT2D eigenvalue weighted by atomic mass is 19.1. The van der Waals surface area contributed by atoms with E-state index in [2.05, 4.69) is 42.7 Å². The zero-order valence-corrected chi connectivity index (χ0v) is 45.7. The van der Waals surface area contributed by atoms with Crippen LogP contribution in [0.2, 0.25) is 0 Å². The second-order valence-electron chi connectivity index (χ2n) is 21.2. The molecule has 6 amide bonds. The van der Waals surface area contributed by atoms with Gasteiger partial charge < -0.3 is 56.5 Å². The van der Waals surface area contributed by atoms with Gasteiger partial charge >= 0.3 is 0 Å². The number of benzene rings is 2. The minimum Gasteiger partial charge on any atom is -0.382 e. The van der Waals surface area contributed by atoms with Gasteiger partial charge in [-0.15, -0.1) is 0 Å². The molecule has 3 aliphatic heterocycles. The zero-order chi connectivity index (χ0) is 56.3. The number of nitrogens with zero attached hydrogens (tertiary/aromatic N) is 7. The molecule has 2 bridgehead atoms. The largest absolute Gasteiger partial charge is 0.382 e. The molecule has 0 aliphatic carbocycles. The summed E-state index contributed by atoms with van der Waals surface area (Å²) in [6.07, 6.45) is 3.87. The van der Waals surface area contributed by atoms with Crippen LogP contribution in [-0.4, -0.2) is 144 Å². The average Bonchev–Trinajstić information content (AvgIpc) is 4.17. The maximum Gasteiger partial charge on any atom is 0.254 e. The third kappa shape index (κ3) is 14.0. The van der Waals surface area contributed by atoms with Crippen LogP contribution in [-0.2, 0) is 46.5 Å². The molecular weight excluding hydrogens is 1000 g/mol. The minimum absolute atomic E-state index is 0.00619. The van der Waals surface area contributed by atoms with E-state index in [-0.39, 0.29) is 125 Å². The zero-order valence-electron chi connectivity index (χ0n) is 45.7. The number of nitriles is 1. The van der Waals surface area contributed by atoms with Crippen molar-refractivity contribution in [1.29, 1.82) is 5.26 Å². The number of carbonyl (C=O) groups excluding carboxylic acids is 6. The Morgan fingerprint density at radius 1 is 0.987 bits per heavy atom. The molecule has 0 spiro atoms. The van der Waals surface area contributed by atoms with Crippen LogP contribution in [0, 0.1) is 22.6 Å². The first-order valence-electron chi connectivity index (χ1n) is 26.8. The van der Waals surface area contributed by atoms with Gasteiger partial charge in [0.15, 0.2) is 5.69 Å². The summed E-state index contributed by atoms with van der Waals surface area (Å²) in [5.74, 6) is -2.26. The molecule has 21 nitrogen and oxygen atoms in total. The number of hydrogen-bond acceptors (Lipinski definition) is 14. The summed E-state index contributed by atoms with van der Waals surface area (Å²) >= 11 is 0. The normalized spacial score (nSPS) is 18.3. The summed E-state index contributed by atoms with van der Waals surface area (Å²) in [7, 11) is 3.29. The first kappa shape index (κ1) is 58.2.